The number of nitrogens with zero attached hydrogens (tertiary/aromatic N) is 1. The van der Waals surface area contributed by atoms with E-state index in [4.69, 9.17) is 4.74 Å². The van der Waals surface area contributed by atoms with Gasteiger partial charge in [0.1, 0.15) is 11.3 Å². The molecule has 0 fully saturated rings. The molecule has 23 heavy (non-hydrogen) atoms. The third kappa shape index (κ3) is 3.28. The maximum Gasteiger partial charge on any atom is 0.329 e. The maximum absolute atomic E-state index is 12.5. The van der Waals surface area contributed by atoms with Crippen LogP contribution < -0.4 is 4.74 Å². The molecule has 2 aromatic carbocycles. The molecule has 5 heteroatoms. The molecular formula is C18H21NO4. The summed E-state index contributed by atoms with van der Waals surface area (Å²) in [6.07, 6.45) is 0.137. The predicted octanol–water partition coefficient (Wildman–Crippen LogP) is 2.71. The number of benzene rings is 2. The van der Waals surface area contributed by atoms with Crippen LogP contribution in [0.1, 0.15) is 19.4 Å². The summed E-state index contributed by atoms with van der Waals surface area (Å²) in [6.45, 7) is 3.03. The highest BCUT2D eigenvalue weighted by molar-refractivity contribution is 5.92. The number of hydrogen-bond acceptors (Lipinski definition) is 3. The lowest BCUT2D eigenvalue weighted by Crippen LogP contribution is -2.51. The van der Waals surface area contributed by atoms with Crippen LogP contribution in [0.3, 0.4) is 0 Å². The number of hydrogen-bond donors (Lipinski definition) is 1. The van der Waals surface area contributed by atoms with E-state index in [1.807, 2.05) is 36.4 Å². The Morgan fingerprint density at radius 3 is 2.52 bits per heavy atom. The van der Waals surface area contributed by atoms with E-state index in [0.29, 0.717) is 0 Å². The van der Waals surface area contributed by atoms with Crippen LogP contribution in [-0.2, 0) is 16.0 Å². The number of carbonyl (C=O) groups excluding carboxylic acids is 1. The standard InChI is InChI=1S/C18H21NO4/c1-18(2,17(21)22)19(3)16(20)10-13-7-5-6-12-8-9-14(23-4)11-15(12)13/h5-9,11H,10H2,1-4H3,(H,21,22). The summed E-state index contributed by atoms with van der Waals surface area (Å²) < 4.78 is 5.24. The number of likely N-dealkylation sites (N-methyl/N-ethyl adjacent to an activating group) is 1. The van der Waals surface area contributed by atoms with Gasteiger partial charge in [-0.05, 0) is 42.3 Å². The van der Waals surface area contributed by atoms with Crippen molar-refractivity contribution in [3.8, 4) is 5.75 Å². The molecule has 0 aromatic heterocycles. The third-order valence-electron chi connectivity index (χ3n) is 4.26. The molecule has 0 aliphatic rings. The second-order valence-corrected chi connectivity index (χ2v) is 6.00. The molecule has 0 aliphatic heterocycles. The number of methoxy groups -OCH3 is 1. The molecule has 0 aliphatic carbocycles. The Morgan fingerprint density at radius 2 is 1.91 bits per heavy atom. The normalized spacial score (nSPS) is 11.3. The molecule has 1 amide bonds. The third-order valence-corrected chi connectivity index (χ3v) is 4.26. The topological polar surface area (TPSA) is 66.8 Å². The Bertz CT molecular complexity index is 752. The highest BCUT2D eigenvalue weighted by Crippen LogP contribution is 2.25. The zero-order valence-electron chi connectivity index (χ0n) is 13.8. The van der Waals surface area contributed by atoms with E-state index in [2.05, 4.69) is 0 Å². The van der Waals surface area contributed by atoms with E-state index in [1.165, 1.54) is 25.8 Å². The minimum absolute atomic E-state index is 0.137. The quantitative estimate of drug-likeness (QED) is 0.921. The number of aliphatic carboxylic acids is 1. The van der Waals surface area contributed by atoms with E-state index < -0.39 is 11.5 Å². The summed E-state index contributed by atoms with van der Waals surface area (Å²) in [7, 11) is 3.11. The first kappa shape index (κ1) is 16.8. The van der Waals surface area contributed by atoms with Gasteiger partial charge in [0.15, 0.2) is 0 Å². The van der Waals surface area contributed by atoms with Crippen molar-refractivity contribution in [1.82, 2.24) is 4.90 Å². The summed E-state index contributed by atoms with van der Waals surface area (Å²) in [6, 6.07) is 11.4. The second-order valence-electron chi connectivity index (χ2n) is 6.00. The van der Waals surface area contributed by atoms with Gasteiger partial charge in [-0.15, -0.1) is 0 Å². The van der Waals surface area contributed by atoms with E-state index in [-0.39, 0.29) is 12.3 Å². The Labute approximate surface area is 135 Å². The summed E-state index contributed by atoms with van der Waals surface area (Å²) in [5.41, 5.74) is -0.404. The molecule has 0 saturated heterocycles. The summed E-state index contributed by atoms with van der Waals surface area (Å²) in [5, 5.41) is 11.2. The lowest BCUT2D eigenvalue weighted by Gasteiger charge is -2.31. The van der Waals surface area contributed by atoms with Crippen molar-refractivity contribution in [1.29, 1.82) is 0 Å². The average molecular weight is 315 g/mol. The van der Waals surface area contributed by atoms with Crippen LogP contribution in [0.5, 0.6) is 5.75 Å². The Balaban J connectivity index is 2.34. The number of carboxylic acid groups (broad SMARTS) is 1. The van der Waals surface area contributed by atoms with Crippen molar-refractivity contribution in [3.05, 3.63) is 42.0 Å². The highest BCUT2D eigenvalue weighted by atomic mass is 16.5. The van der Waals surface area contributed by atoms with Gasteiger partial charge in [0.05, 0.1) is 13.5 Å². The van der Waals surface area contributed by atoms with Gasteiger partial charge in [-0.2, -0.15) is 0 Å². The van der Waals surface area contributed by atoms with Gasteiger partial charge in [-0.25, -0.2) is 4.79 Å². The Kier molecular flexibility index (Phi) is 4.59. The number of ether oxygens (including phenoxy) is 1. The van der Waals surface area contributed by atoms with Crippen molar-refractivity contribution in [3.63, 3.8) is 0 Å². The Morgan fingerprint density at radius 1 is 1.22 bits per heavy atom. The van der Waals surface area contributed by atoms with Crippen molar-refractivity contribution in [2.24, 2.45) is 0 Å². The average Bonchev–Trinajstić information content (AvgIpc) is 2.53. The minimum atomic E-state index is -1.25. The Hall–Kier alpha value is -2.56. The monoisotopic (exact) mass is 315 g/mol. The first-order chi connectivity index (χ1) is 10.8. The van der Waals surface area contributed by atoms with Gasteiger partial charge in [0.2, 0.25) is 5.91 Å². The van der Waals surface area contributed by atoms with E-state index in [1.54, 1.807) is 7.11 Å². The smallest absolute Gasteiger partial charge is 0.329 e. The number of rotatable bonds is 5. The molecule has 122 valence electrons. The first-order valence-electron chi connectivity index (χ1n) is 7.33. The van der Waals surface area contributed by atoms with Gasteiger partial charge in [0.25, 0.3) is 0 Å². The van der Waals surface area contributed by atoms with Crippen molar-refractivity contribution < 1.29 is 19.4 Å². The van der Waals surface area contributed by atoms with Crippen LogP contribution in [0.4, 0.5) is 0 Å². The molecular weight excluding hydrogens is 294 g/mol. The molecule has 0 atom stereocenters. The lowest BCUT2D eigenvalue weighted by molar-refractivity contribution is -0.155. The fraction of sp³-hybridized carbons (Fsp3) is 0.333. The van der Waals surface area contributed by atoms with Crippen LogP contribution in [0.2, 0.25) is 0 Å². The number of amides is 1. The van der Waals surface area contributed by atoms with Crippen LogP contribution >= 0.6 is 0 Å². The predicted molar refractivity (Wildman–Crippen MR) is 88.7 cm³/mol. The SMILES string of the molecule is COc1ccc2cccc(CC(=O)N(C)C(C)(C)C(=O)O)c2c1. The van der Waals surface area contributed by atoms with E-state index in [0.717, 1.165) is 22.1 Å². The molecule has 2 aromatic rings. The molecule has 0 spiro atoms. The van der Waals surface area contributed by atoms with E-state index in [9.17, 15) is 14.7 Å². The van der Waals surface area contributed by atoms with Gasteiger partial charge < -0.3 is 14.7 Å². The molecule has 0 heterocycles. The minimum Gasteiger partial charge on any atom is -0.497 e. The molecule has 0 bridgehead atoms. The fourth-order valence-electron chi connectivity index (χ4n) is 2.33. The second kappa shape index (κ2) is 6.28. The summed E-state index contributed by atoms with van der Waals surface area (Å²) >= 11 is 0. The van der Waals surface area contributed by atoms with Crippen LogP contribution in [0.15, 0.2) is 36.4 Å². The van der Waals surface area contributed by atoms with Gasteiger partial charge in [-0.1, -0.05) is 24.3 Å². The molecule has 1 N–H and O–H groups in total. The summed E-state index contributed by atoms with van der Waals surface area (Å²) in [5.74, 6) is -0.558. The van der Waals surface area contributed by atoms with Gasteiger partial charge in [0, 0.05) is 7.05 Å². The van der Waals surface area contributed by atoms with E-state index >= 15 is 0 Å². The molecule has 5 nitrogen and oxygen atoms in total. The molecule has 0 radical (unpaired) electrons. The number of carboxylic acids is 1. The van der Waals surface area contributed by atoms with Crippen molar-refractivity contribution in [2.45, 2.75) is 25.8 Å². The zero-order chi connectivity index (χ0) is 17.2. The first-order valence-corrected chi connectivity index (χ1v) is 7.33. The van der Waals surface area contributed by atoms with Crippen LogP contribution in [0, 0.1) is 0 Å². The fourth-order valence-corrected chi connectivity index (χ4v) is 2.33. The maximum atomic E-state index is 12.5. The van der Waals surface area contributed by atoms with Crippen LogP contribution in [0.25, 0.3) is 10.8 Å². The number of fused-ring (bicyclic) bond motifs is 1. The van der Waals surface area contributed by atoms with Crippen LogP contribution in [-0.4, -0.2) is 41.6 Å². The van der Waals surface area contributed by atoms with Crippen molar-refractivity contribution in [2.75, 3.05) is 14.2 Å². The molecule has 2 rings (SSSR count). The number of carbonyl (C=O) groups is 2. The van der Waals surface area contributed by atoms with Gasteiger partial charge in [-0.3, -0.25) is 4.79 Å². The van der Waals surface area contributed by atoms with Gasteiger partial charge >= 0.3 is 5.97 Å². The lowest BCUT2D eigenvalue weighted by atomic mass is 9.99. The highest BCUT2D eigenvalue weighted by Gasteiger charge is 2.35. The largest absolute Gasteiger partial charge is 0.497 e. The zero-order valence-corrected chi connectivity index (χ0v) is 13.8. The molecule has 0 unspecified atom stereocenters. The molecule has 0 saturated carbocycles. The summed E-state index contributed by atoms with van der Waals surface area (Å²) in [4.78, 5) is 25.1. The van der Waals surface area contributed by atoms with Crippen molar-refractivity contribution >= 4 is 22.6 Å².